The van der Waals surface area contributed by atoms with E-state index in [0.717, 1.165) is 30.2 Å². The highest BCUT2D eigenvalue weighted by molar-refractivity contribution is 6.06. The summed E-state index contributed by atoms with van der Waals surface area (Å²) in [6, 6.07) is 6.00. The van der Waals surface area contributed by atoms with E-state index in [0.29, 0.717) is 24.6 Å². The number of carbonyl (C=O) groups is 2. The van der Waals surface area contributed by atoms with Crippen molar-refractivity contribution < 1.29 is 14.0 Å². The molecule has 0 unspecified atom stereocenters. The van der Waals surface area contributed by atoms with Gasteiger partial charge >= 0.3 is 0 Å². The topological polar surface area (TPSA) is 76.5 Å². The summed E-state index contributed by atoms with van der Waals surface area (Å²) in [5.74, 6) is 0.254. The van der Waals surface area contributed by atoms with E-state index >= 15 is 0 Å². The lowest BCUT2D eigenvalue weighted by Crippen LogP contribution is -2.41. The Labute approximate surface area is 147 Å². The first-order chi connectivity index (χ1) is 11.9. The van der Waals surface area contributed by atoms with Crippen molar-refractivity contribution >= 4 is 22.8 Å². The predicted molar refractivity (Wildman–Crippen MR) is 95.2 cm³/mol. The zero-order valence-corrected chi connectivity index (χ0v) is 14.7. The first-order valence-corrected chi connectivity index (χ1v) is 9.03. The molecule has 0 spiro atoms. The molecule has 0 radical (unpaired) electrons. The molecule has 2 fully saturated rings. The van der Waals surface area contributed by atoms with Crippen molar-refractivity contribution in [3.63, 3.8) is 0 Å². The van der Waals surface area contributed by atoms with Gasteiger partial charge in [-0.1, -0.05) is 26.3 Å². The summed E-state index contributed by atoms with van der Waals surface area (Å²) in [5, 5.41) is 0.849. The minimum Gasteiger partial charge on any atom is -0.463 e. The van der Waals surface area contributed by atoms with Crippen LogP contribution in [0.2, 0.25) is 0 Å². The van der Waals surface area contributed by atoms with Gasteiger partial charge in [-0.15, -0.1) is 0 Å². The Hall–Kier alpha value is -2.30. The lowest BCUT2D eigenvalue weighted by molar-refractivity contribution is -0.128. The number of benzene rings is 1. The molecule has 1 saturated carbocycles. The van der Waals surface area contributed by atoms with E-state index < -0.39 is 5.41 Å². The van der Waals surface area contributed by atoms with Gasteiger partial charge in [0.05, 0.1) is 11.0 Å². The average molecular weight is 340 g/mol. The molecule has 0 bridgehead atoms. The lowest BCUT2D eigenvalue weighted by Gasteiger charge is -2.24. The van der Waals surface area contributed by atoms with E-state index in [-0.39, 0.29) is 17.7 Å². The molecule has 2 aromatic rings. The summed E-state index contributed by atoms with van der Waals surface area (Å²) in [5.41, 5.74) is 7.65. The maximum atomic E-state index is 13.1. The van der Waals surface area contributed by atoms with Crippen LogP contribution in [-0.2, 0) is 4.79 Å². The Morgan fingerprint density at radius 1 is 1.36 bits per heavy atom. The lowest BCUT2D eigenvalue weighted by atomic mass is 9.80. The van der Waals surface area contributed by atoms with Crippen molar-refractivity contribution in [3.05, 3.63) is 35.6 Å². The summed E-state index contributed by atoms with van der Waals surface area (Å²) in [7, 11) is 0. The van der Waals surface area contributed by atoms with Gasteiger partial charge in [0.1, 0.15) is 11.8 Å². The standard InChI is InChI=1S/C20H24N2O3/c1-12(2)13-5-6-17-15(8-13)16(10-25-17)18(23)22-9-14-4-3-7-20(14,11-22)19(21)24/h5-6,8,10,12,14H,3-4,7,9,11H2,1-2H3,(H2,21,24)/t14-,20-/m0/s1. The van der Waals surface area contributed by atoms with Gasteiger partial charge in [-0.2, -0.15) is 0 Å². The van der Waals surface area contributed by atoms with E-state index in [9.17, 15) is 9.59 Å². The highest BCUT2D eigenvalue weighted by Gasteiger charge is 2.54. The number of hydrogen-bond acceptors (Lipinski definition) is 3. The zero-order valence-electron chi connectivity index (χ0n) is 14.7. The number of hydrogen-bond donors (Lipinski definition) is 1. The smallest absolute Gasteiger partial charge is 0.257 e. The molecule has 1 saturated heterocycles. The predicted octanol–water partition coefficient (Wildman–Crippen LogP) is 3.28. The second kappa shape index (κ2) is 5.61. The van der Waals surface area contributed by atoms with Crippen molar-refractivity contribution in [3.8, 4) is 0 Å². The third-order valence-electron chi connectivity index (χ3n) is 6.14. The second-order valence-corrected chi connectivity index (χ2v) is 7.85. The van der Waals surface area contributed by atoms with Crippen LogP contribution in [0.4, 0.5) is 0 Å². The van der Waals surface area contributed by atoms with Crippen LogP contribution < -0.4 is 5.73 Å². The normalized spacial score (nSPS) is 25.7. The van der Waals surface area contributed by atoms with Crippen molar-refractivity contribution in [1.29, 1.82) is 0 Å². The molecular formula is C20H24N2O3. The largest absolute Gasteiger partial charge is 0.463 e. The molecule has 1 aliphatic heterocycles. The minimum absolute atomic E-state index is 0.0605. The highest BCUT2D eigenvalue weighted by Crippen LogP contribution is 2.48. The van der Waals surface area contributed by atoms with Crippen LogP contribution in [0.25, 0.3) is 11.0 Å². The summed E-state index contributed by atoms with van der Waals surface area (Å²) < 4.78 is 5.59. The maximum Gasteiger partial charge on any atom is 0.257 e. The number of amides is 2. The molecule has 1 aliphatic carbocycles. The quantitative estimate of drug-likeness (QED) is 0.931. The molecule has 2 amide bonds. The van der Waals surface area contributed by atoms with Crippen molar-refractivity contribution in [2.45, 2.75) is 39.0 Å². The zero-order chi connectivity index (χ0) is 17.8. The van der Waals surface area contributed by atoms with Gasteiger partial charge in [-0.3, -0.25) is 9.59 Å². The van der Waals surface area contributed by atoms with Gasteiger partial charge in [-0.25, -0.2) is 0 Å². The summed E-state index contributed by atoms with van der Waals surface area (Å²) >= 11 is 0. The summed E-state index contributed by atoms with van der Waals surface area (Å²) in [4.78, 5) is 27.0. The molecule has 5 nitrogen and oxygen atoms in total. The van der Waals surface area contributed by atoms with Crippen molar-refractivity contribution in [2.75, 3.05) is 13.1 Å². The first kappa shape index (κ1) is 16.2. The number of fused-ring (bicyclic) bond motifs is 2. The molecule has 1 aromatic heterocycles. The second-order valence-electron chi connectivity index (χ2n) is 7.85. The van der Waals surface area contributed by atoms with Crippen LogP contribution in [0.5, 0.6) is 0 Å². The van der Waals surface area contributed by atoms with E-state index in [1.807, 2.05) is 18.2 Å². The van der Waals surface area contributed by atoms with Crippen LogP contribution in [0.15, 0.2) is 28.9 Å². The molecule has 4 rings (SSSR count). The number of nitrogens with zero attached hydrogens (tertiary/aromatic N) is 1. The SMILES string of the molecule is CC(C)c1ccc2occ(C(=O)N3C[C@@H]4CCC[C@]4(C(N)=O)C3)c2c1. The van der Waals surface area contributed by atoms with Crippen molar-refractivity contribution in [2.24, 2.45) is 17.1 Å². The van der Waals surface area contributed by atoms with Gasteiger partial charge in [0, 0.05) is 18.5 Å². The van der Waals surface area contributed by atoms with Crippen molar-refractivity contribution in [1.82, 2.24) is 4.90 Å². The third kappa shape index (κ3) is 2.36. The number of carbonyl (C=O) groups excluding carboxylic acids is 2. The Morgan fingerprint density at radius 2 is 2.16 bits per heavy atom. The maximum absolute atomic E-state index is 13.1. The fourth-order valence-electron chi connectivity index (χ4n) is 4.59. The molecular weight excluding hydrogens is 316 g/mol. The number of primary amides is 1. The summed E-state index contributed by atoms with van der Waals surface area (Å²) in [6.45, 7) is 5.29. The van der Waals surface area contributed by atoms with Crippen LogP contribution in [-0.4, -0.2) is 29.8 Å². The number of furan rings is 1. The van der Waals surface area contributed by atoms with E-state index in [1.165, 1.54) is 5.56 Å². The minimum atomic E-state index is -0.529. The highest BCUT2D eigenvalue weighted by atomic mass is 16.3. The van der Waals surface area contributed by atoms with Gasteiger partial charge in [0.2, 0.25) is 5.91 Å². The number of rotatable bonds is 3. The molecule has 25 heavy (non-hydrogen) atoms. The Balaban J connectivity index is 1.67. The Morgan fingerprint density at radius 3 is 2.84 bits per heavy atom. The van der Waals surface area contributed by atoms with E-state index in [2.05, 4.69) is 13.8 Å². The van der Waals surface area contributed by atoms with E-state index in [4.69, 9.17) is 10.2 Å². The van der Waals surface area contributed by atoms with Crippen LogP contribution >= 0.6 is 0 Å². The van der Waals surface area contributed by atoms with Crippen LogP contribution in [0.3, 0.4) is 0 Å². The average Bonchev–Trinajstić information content (AvgIpc) is 3.25. The monoisotopic (exact) mass is 340 g/mol. The van der Waals surface area contributed by atoms with Crippen LogP contribution in [0.1, 0.15) is 54.9 Å². The molecule has 2 aliphatic rings. The number of likely N-dealkylation sites (tertiary alicyclic amines) is 1. The Kier molecular flexibility index (Phi) is 3.63. The summed E-state index contributed by atoms with van der Waals surface area (Å²) in [6.07, 6.45) is 4.32. The fraction of sp³-hybridized carbons (Fsp3) is 0.500. The number of nitrogens with two attached hydrogens (primary N) is 1. The van der Waals surface area contributed by atoms with Gasteiger partial charge in [0.15, 0.2) is 0 Å². The van der Waals surface area contributed by atoms with Gasteiger partial charge < -0.3 is 15.1 Å². The fourth-order valence-corrected chi connectivity index (χ4v) is 4.59. The first-order valence-electron chi connectivity index (χ1n) is 9.03. The van der Waals surface area contributed by atoms with Gasteiger partial charge in [-0.05, 0) is 42.4 Å². The molecule has 2 N–H and O–H groups in total. The molecule has 132 valence electrons. The molecule has 1 aromatic carbocycles. The Bertz CT molecular complexity index is 854. The van der Waals surface area contributed by atoms with Crippen LogP contribution in [0, 0.1) is 11.3 Å². The van der Waals surface area contributed by atoms with Gasteiger partial charge in [0.25, 0.3) is 5.91 Å². The molecule has 2 heterocycles. The third-order valence-corrected chi connectivity index (χ3v) is 6.14. The van der Waals surface area contributed by atoms with E-state index in [1.54, 1.807) is 11.2 Å². The molecule has 2 atom stereocenters. The molecule has 5 heteroatoms.